The highest BCUT2D eigenvalue weighted by Crippen LogP contribution is 2.45. The van der Waals surface area contributed by atoms with E-state index < -0.39 is 5.91 Å². The maximum Gasteiger partial charge on any atom is 0.260 e. The molecule has 146 valence electrons. The molecule has 5 nitrogen and oxygen atoms in total. The third-order valence-electron chi connectivity index (χ3n) is 5.46. The number of aryl methyl sites for hydroxylation is 1. The van der Waals surface area contributed by atoms with Crippen LogP contribution in [0.2, 0.25) is 0 Å². The molecule has 5 rings (SSSR count). The first-order valence-corrected chi connectivity index (χ1v) is 11.1. The highest BCUT2D eigenvalue weighted by molar-refractivity contribution is 7.21. The number of nitrogens with two attached hydrogens (primary N) is 2. The number of carbonyl (C=O) groups excluding carboxylic acids is 1. The lowest BCUT2D eigenvalue weighted by atomic mass is 10.0. The molecule has 0 bridgehead atoms. The van der Waals surface area contributed by atoms with Gasteiger partial charge in [-0.3, -0.25) is 9.69 Å². The predicted molar refractivity (Wildman–Crippen MR) is 120 cm³/mol. The third-order valence-corrected chi connectivity index (χ3v) is 7.47. The van der Waals surface area contributed by atoms with Crippen LogP contribution in [0.4, 0.5) is 5.69 Å². The number of hydrogen-bond acceptors (Lipinski definition) is 6. The molecule has 1 amide bonds. The van der Waals surface area contributed by atoms with Crippen LogP contribution in [0.5, 0.6) is 0 Å². The Balaban J connectivity index is 1.64. The molecule has 0 aliphatic carbocycles. The number of aromatic nitrogens is 1. The molecule has 1 aromatic carbocycles. The van der Waals surface area contributed by atoms with E-state index in [2.05, 4.69) is 47.5 Å². The van der Waals surface area contributed by atoms with Crippen molar-refractivity contribution in [2.24, 2.45) is 5.73 Å². The Labute approximate surface area is 176 Å². The topological polar surface area (TPSA) is 85.2 Å². The molecule has 1 aliphatic heterocycles. The monoisotopic (exact) mass is 420 g/mol. The van der Waals surface area contributed by atoms with Gasteiger partial charge >= 0.3 is 0 Å². The van der Waals surface area contributed by atoms with Gasteiger partial charge in [0.25, 0.3) is 5.91 Å². The fraction of sp³-hybridized carbons (Fsp3) is 0.182. The summed E-state index contributed by atoms with van der Waals surface area (Å²) in [6, 6.07) is 12.6. The van der Waals surface area contributed by atoms with Crippen LogP contribution in [0, 0.1) is 6.92 Å². The second-order valence-corrected chi connectivity index (χ2v) is 9.30. The van der Waals surface area contributed by atoms with Crippen LogP contribution in [0.25, 0.3) is 20.7 Å². The van der Waals surface area contributed by atoms with Crippen molar-refractivity contribution in [2.45, 2.75) is 26.6 Å². The zero-order valence-corrected chi connectivity index (χ0v) is 17.6. The SMILES string of the molecule is Cc1ccccc1CN1Cc2nc3sc(C(N)=O)c(N)c3c(-c3cccs3)c2C1. The Hall–Kier alpha value is -2.74. The molecule has 7 heteroatoms. The Morgan fingerprint density at radius 2 is 2.03 bits per heavy atom. The minimum atomic E-state index is -0.496. The smallest absolute Gasteiger partial charge is 0.260 e. The van der Waals surface area contributed by atoms with Gasteiger partial charge in [0.15, 0.2) is 0 Å². The quantitative estimate of drug-likeness (QED) is 0.508. The summed E-state index contributed by atoms with van der Waals surface area (Å²) in [6.07, 6.45) is 0. The van der Waals surface area contributed by atoms with Crippen LogP contribution < -0.4 is 11.5 Å². The number of fused-ring (bicyclic) bond motifs is 2. The van der Waals surface area contributed by atoms with E-state index in [0.29, 0.717) is 10.6 Å². The number of rotatable bonds is 4. The third kappa shape index (κ3) is 3.02. The summed E-state index contributed by atoms with van der Waals surface area (Å²) in [6.45, 7) is 4.61. The van der Waals surface area contributed by atoms with Gasteiger partial charge < -0.3 is 11.5 Å². The van der Waals surface area contributed by atoms with Gasteiger partial charge in [-0.25, -0.2) is 4.98 Å². The molecule has 4 heterocycles. The zero-order valence-electron chi connectivity index (χ0n) is 15.9. The number of nitrogens with zero attached hydrogens (tertiary/aromatic N) is 2. The minimum Gasteiger partial charge on any atom is -0.397 e. The van der Waals surface area contributed by atoms with Gasteiger partial charge in [-0.05, 0) is 35.1 Å². The summed E-state index contributed by atoms with van der Waals surface area (Å²) in [4.78, 5) is 21.5. The van der Waals surface area contributed by atoms with Crippen molar-refractivity contribution in [1.29, 1.82) is 0 Å². The maximum atomic E-state index is 11.8. The molecule has 4 N–H and O–H groups in total. The molecular formula is C22H20N4OS2. The molecule has 29 heavy (non-hydrogen) atoms. The van der Waals surface area contributed by atoms with E-state index in [0.717, 1.165) is 46.0 Å². The number of thiophene rings is 2. The van der Waals surface area contributed by atoms with Gasteiger partial charge in [0.2, 0.25) is 0 Å². The fourth-order valence-corrected chi connectivity index (χ4v) is 5.83. The summed E-state index contributed by atoms with van der Waals surface area (Å²) in [7, 11) is 0. The molecule has 0 atom stereocenters. The zero-order chi connectivity index (χ0) is 20.1. The van der Waals surface area contributed by atoms with Crippen LogP contribution in [-0.2, 0) is 19.6 Å². The Morgan fingerprint density at radius 1 is 1.21 bits per heavy atom. The number of benzene rings is 1. The van der Waals surface area contributed by atoms with Crippen molar-refractivity contribution in [3.63, 3.8) is 0 Å². The van der Waals surface area contributed by atoms with E-state index in [1.807, 2.05) is 6.07 Å². The van der Waals surface area contributed by atoms with Crippen molar-refractivity contribution in [3.05, 3.63) is 69.0 Å². The maximum absolute atomic E-state index is 11.8. The van der Waals surface area contributed by atoms with Crippen LogP contribution in [-0.4, -0.2) is 15.8 Å². The average Bonchev–Trinajstić information content (AvgIpc) is 3.41. The molecule has 0 spiro atoms. The lowest BCUT2D eigenvalue weighted by molar-refractivity contribution is 0.100. The van der Waals surface area contributed by atoms with E-state index >= 15 is 0 Å². The molecule has 3 aromatic heterocycles. The summed E-state index contributed by atoms with van der Waals surface area (Å²) in [5, 5.41) is 2.92. The number of pyridine rings is 1. The Kier molecular flexibility index (Phi) is 4.38. The number of hydrogen-bond donors (Lipinski definition) is 2. The second-order valence-electron chi connectivity index (χ2n) is 7.35. The van der Waals surface area contributed by atoms with Crippen molar-refractivity contribution < 1.29 is 4.79 Å². The highest BCUT2D eigenvalue weighted by Gasteiger charge is 2.29. The predicted octanol–water partition coefficient (Wildman–Crippen LogP) is 4.53. The summed E-state index contributed by atoms with van der Waals surface area (Å²) >= 11 is 2.97. The van der Waals surface area contributed by atoms with E-state index in [1.54, 1.807) is 11.3 Å². The molecular weight excluding hydrogens is 400 g/mol. The van der Waals surface area contributed by atoms with Gasteiger partial charge in [0.05, 0.1) is 11.4 Å². The van der Waals surface area contributed by atoms with Crippen LogP contribution >= 0.6 is 22.7 Å². The van der Waals surface area contributed by atoms with E-state index in [1.165, 1.54) is 28.0 Å². The van der Waals surface area contributed by atoms with Gasteiger partial charge in [0, 0.05) is 35.5 Å². The summed E-state index contributed by atoms with van der Waals surface area (Å²) in [5.74, 6) is -0.496. The van der Waals surface area contributed by atoms with Gasteiger partial charge in [-0.2, -0.15) is 0 Å². The molecule has 0 saturated heterocycles. The van der Waals surface area contributed by atoms with Gasteiger partial charge in [-0.1, -0.05) is 30.3 Å². The average molecular weight is 421 g/mol. The Bertz CT molecular complexity index is 1240. The number of anilines is 1. The number of carbonyl (C=O) groups is 1. The van der Waals surface area contributed by atoms with Crippen LogP contribution in [0.3, 0.4) is 0 Å². The molecule has 0 saturated carbocycles. The van der Waals surface area contributed by atoms with E-state index in [9.17, 15) is 4.79 Å². The molecule has 1 aliphatic rings. The number of nitrogen functional groups attached to an aromatic ring is 1. The van der Waals surface area contributed by atoms with Crippen LogP contribution in [0.1, 0.15) is 32.1 Å². The van der Waals surface area contributed by atoms with Gasteiger partial charge in [0.1, 0.15) is 9.71 Å². The standard InChI is InChI=1S/C22H20N4OS2/c1-12-5-2-3-6-13(12)9-26-10-14-15(11-26)25-22-18(17(14)16-7-4-8-28-16)19(23)20(29-22)21(24)27/h2-8H,9-11,23H2,1H3,(H2,24,27). The molecule has 4 aromatic rings. The lowest BCUT2D eigenvalue weighted by Crippen LogP contribution is -2.16. The highest BCUT2D eigenvalue weighted by atomic mass is 32.1. The number of primary amides is 1. The first-order valence-electron chi connectivity index (χ1n) is 9.37. The minimum absolute atomic E-state index is 0.394. The lowest BCUT2D eigenvalue weighted by Gasteiger charge is -2.16. The first-order chi connectivity index (χ1) is 14.0. The molecule has 0 radical (unpaired) electrons. The van der Waals surface area contributed by atoms with Crippen molar-refractivity contribution in [1.82, 2.24) is 9.88 Å². The van der Waals surface area contributed by atoms with Crippen LogP contribution in [0.15, 0.2) is 41.8 Å². The molecule has 0 fully saturated rings. The normalized spacial score (nSPS) is 13.8. The summed E-state index contributed by atoms with van der Waals surface area (Å²) in [5.41, 5.74) is 18.4. The van der Waals surface area contributed by atoms with Crippen molar-refractivity contribution in [3.8, 4) is 10.4 Å². The van der Waals surface area contributed by atoms with E-state index in [4.69, 9.17) is 16.5 Å². The number of amides is 1. The largest absolute Gasteiger partial charge is 0.397 e. The molecule has 0 unspecified atom stereocenters. The van der Waals surface area contributed by atoms with Crippen molar-refractivity contribution >= 4 is 44.5 Å². The van der Waals surface area contributed by atoms with Gasteiger partial charge in [-0.15, -0.1) is 22.7 Å². The second kappa shape index (κ2) is 6.95. The fourth-order valence-electron chi connectivity index (χ4n) is 4.05. The van der Waals surface area contributed by atoms with Crippen molar-refractivity contribution in [2.75, 3.05) is 5.73 Å². The summed E-state index contributed by atoms with van der Waals surface area (Å²) < 4.78 is 0. The Morgan fingerprint density at radius 3 is 2.76 bits per heavy atom. The first kappa shape index (κ1) is 18.3. The van der Waals surface area contributed by atoms with E-state index in [-0.39, 0.29) is 0 Å².